The summed E-state index contributed by atoms with van der Waals surface area (Å²) in [5, 5.41) is 3.13. The molecule has 28 heavy (non-hydrogen) atoms. The Morgan fingerprint density at radius 2 is 1.79 bits per heavy atom. The van der Waals surface area contributed by atoms with Crippen LogP contribution in [0.1, 0.15) is 36.1 Å². The standard InChI is InChI=1S/C20H19F4NO3/c1-27-19(26)17-11-10-16(25-17)12-6-8-13(9-7-12)28-18(20(22,23)24)14-4-2-3-5-15(14)21/h2-9,16-18,25H,10-11H2,1H3/t16-,17+,18?/m1/s1. The number of halogens is 4. The lowest BCUT2D eigenvalue weighted by Gasteiger charge is -2.23. The number of nitrogens with one attached hydrogen (secondary N) is 1. The molecule has 1 N–H and O–H groups in total. The molecule has 0 amide bonds. The van der Waals surface area contributed by atoms with Crippen molar-refractivity contribution >= 4 is 5.97 Å². The van der Waals surface area contributed by atoms with E-state index >= 15 is 0 Å². The van der Waals surface area contributed by atoms with Crippen LogP contribution in [0.25, 0.3) is 0 Å². The number of carbonyl (C=O) groups is 1. The molecule has 0 bridgehead atoms. The molecule has 150 valence electrons. The monoisotopic (exact) mass is 397 g/mol. The minimum atomic E-state index is -4.78. The van der Waals surface area contributed by atoms with Crippen molar-refractivity contribution in [2.45, 2.75) is 37.2 Å². The molecule has 2 aromatic rings. The number of benzene rings is 2. The lowest BCUT2D eigenvalue weighted by molar-refractivity contribution is -0.198. The highest BCUT2D eigenvalue weighted by atomic mass is 19.4. The van der Waals surface area contributed by atoms with E-state index in [4.69, 9.17) is 9.47 Å². The molecule has 2 aromatic carbocycles. The van der Waals surface area contributed by atoms with E-state index in [0.717, 1.165) is 17.7 Å². The van der Waals surface area contributed by atoms with E-state index < -0.39 is 29.7 Å². The van der Waals surface area contributed by atoms with Gasteiger partial charge >= 0.3 is 12.1 Å². The second kappa shape index (κ2) is 8.18. The molecule has 3 rings (SSSR count). The lowest BCUT2D eigenvalue weighted by Crippen LogP contribution is -2.33. The number of alkyl halides is 3. The largest absolute Gasteiger partial charge is 0.476 e. The van der Waals surface area contributed by atoms with E-state index in [0.29, 0.717) is 12.8 Å². The first kappa shape index (κ1) is 20.1. The van der Waals surface area contributed by atoms with Crippen molar-refractivity contribution in [2.24, 2.45) is 0 Å². The second-order valence-electron chi connectivity index (χ2n) is 6.50. The first-order valence-electron chi connectivity index (χ1n) is 8.71. The van der Waals surface area contributed by atoms with Gasteiger partial charge in [0.1, 0.15) is 17.6 Å². The van der Waals surface area contributed by atoms with Crippen LogP contribution in [0.3, 0.4) is 0 Å². The number of methoxy groups -OCH3 is 1. The number of carbonyl (C=O) groups excluding carboxylic acids is 1. The summed E-state index contributed by atoms with van der Waals surface area (Å²) in [5.74, 6) is -1.36. The number of esters is 1. The van der Waals surface area contributed by atoms with Crippen LogP contribution in [0.4, 0.5) is 17.6 Å². The van der Waals surface area contributed by atoms with Gasteiger partial charge in [0.2, 0.25) is 6.10 Å². The van der Waals surface area contributed by atoms with Gasteiger partial charge in [-0.25, -0.2) is 4.39 Å². The van der Waals surface area contributed by atoms with E-state index in [1.54, 1.807) is 12.1 Å². The number of rotatable bonds is 5. The summed E-state index contributed by atoms with van der Waals surface area (Å²) in [5.41, 5.74) is 0.241. The van der Waals surface area contributed by atoms with Gasteiger partial charge in [-0.15, -0.1) is 0 Å². The van der Waals surface area contributed by atoms with Gasteiger partial charge in [-0.05, 0) is 36.6 Å². The number of hydrogen-bond acceptors (Lipinski definition) is 4. The maximum Gasteiger partial charge on any atom is 0.429 e. The van der Waals surface area contributed by atoms with Crippen LogP contribution >= 0.6 is 0 Å². The van der Waals surface area contributed by atoms with E-state index in [9.17, 15) is 22.4 Å². The summed E-state index contributed by atoms with van der Waals surface area (Å²) in [6, 6.07) is 10.2. The van der Waals surface area contributed by atoms with Gasteiger partial charge in [-0.1, -0.05) is 30.3 Å². The normalized spacial score (nSPS) is 20.6. The van der Waals surface area contributed by atoms with E-state index in [1.807, 2.05) is 0 Å². The Morgan fingerprint density at radius 1 is 1.11 bits per heavy atom. The van der Waals surface area contributed by atoms with Crippen molar-refractivity contribution in [3.05, 3.63) is 65.5 Å². The SMILES string of the molecule is COC(=O)[C@@H]1CC[C@H](c2ccc(OC(c3ccccc3F)C(F)(F)F)cc2)N1. The van der Waals surface area contributed by atoms with Gasteiger partial charge < -0.3 is 9.47 Å². The highest BCUT2D eigenvalue weighted by Crippen LogP contribution is 2.38. The molecule has 0 aromatic heterocycles. The van der Waals surface area contributed by atoms with Crippen LogP contribution in [0.15, 0.2) is 48.5 Å². The smallest absolute Gasteiger partial charge is 0.429 e. The van der Waals surface area contributed by atoms with Gasteiger partial charge in [0.25, 0.3) is 0 Å². The Kier molecular flexibility index (Phi) is 5.88. The molecule has 0 spiro atoms. The van der Waals surface area contributed by atoms with Gasteiger partial charge in [0, 0.05) is 11.6 Å². The van der Waals surface area contributed by atoms with Crippen molar-refractivity contribution in [3.8, 4) is 5.75 Å². The lowest BCUT2D eigenvalue weighted by atomic mass is 10.0. The summed E-state index contributed by atoms with van der Waals surface area (Å²) in [7, 11) is 1.32. The Hall–Kier alpha value is -2.61. The molecule has 0 saturated carbocycles. The van der Waals surface area contributed by atoms with Gasteiger partial charge in [-0.3, -0.25) is 10.1 Å². The summed E-state index contributed by atoms with van der Waals surface area (Å²) in [6.45, 7) is 0. The van der Waals surface area contributed by atoms with E-state index in [2.05, 4.69) is 5.32 Å². The third-order valence-electron chi connectivity index (χ3n) is 4.65. The molecule has 1 fully saturated rings. The molecule has 4 nitrogen and oxygen atoms in total. The van der Waals surface area contributed by atoms with Crippen molar-refractivity contribution in [1.82, 2.24) is 5.32 Å². The zero-order valence-corrected chi connectivity index (χ0v) is 15.0. The quantitative estimate of drug-likeness (QED) is 0.597. The van der Waals surface area contributed by atoms with Crippen LogP contribution in [0.2, 0.25) is 0 Å². The number of hydrogen-bond donors (Lipinski definition) is 1. The molecule has 1 heterocycles. The average Bonchev–Trinajstić information content (AvgIpc) is 3.16. The van der Waals surface area contributed by atoms with E-state index in [1.165, 1.54) is 31.4 Å². The summed E-state index contributed by atoms with van der Waals surface area (Å²) < 4.78 is 63.8. The van der Waals surface area contributed by atoms with Crippen LogP contribution < -0.4 is 10.1 Å². The molecular formula is C20H19F4NO3. The molecule has 0 radical (unpaired) electrons. The maximum atomic E-state index is 13.8. The Balaban J connectivity index is 1.74. The Bertz CT molecular complexity index is 823. The summed E-state index contributed by atoms with van der Waals surface area (Å²) in [4.78, 5) is 11.6. The molecule has 3 atom stereocenters. The van der Waals surface area contributed by atoms with Gasteiger partial charge in [-0.2, -0.15) is 13.2 Å². The molecule has 1 unspecified atom stereocenters. The summed E-state index contributed by atoms with van der Waals surface area (Å²) in [6.07, 6.45) is -5.88. The first-order valence-corrected chi connectivity index (χ1v) is 8.71. The van der Waals surface area contributed by atoms with Crippen molar-refractivity contribution in [3.63, 3.8) is 0 Å². The molecule has 0 aliphatic carbocycles. The fourth-order valence-electron chi connectivity index (χ4n) is 3.24. The van der Waals surface area contributed by atoms with Crippen molar-refractivity contribution < 1.29 is 31.8 Å². The molecular weight excluding hydrogens is 378 g/mol. The molecule has 1 aliphatic heterocycles. The number of ether oxygens (including phenoxy) is 2. The summed E-state index contributed by atoms with van der Waals surface area (Å²) >= 11 is 0. The van der Waals surface area contributed by atoms with Crippen LogP contribution in [-0.2, 0) is 9.53 Å². The second-order valence-corrected chi connectivity index (χ2v) is 6.50. The molecule has 8 heteroatoms. The highest BCUT2D eigenvalue weighted by Gasteiger charge is 2.44. The Morgan fingerprint density at radius 3 is 2.39 bits per heavy atom. The van der Waals surface area contributed by atoms with Crippen LogP contribution in [-0.4, -0.2) is 25.3 Å². The van der Waals surface area contributed by atoms with Crippen LogP contribution in [0, 0.1) is 5.82 Å². The topological polar surface area (TPSA) is 47.6 Å². The fourth-order valence-corrected chi connectivity index (χ4v) is 3.24. The van der Waals surface area contributed by atoms with Crippen molar-refractivity contribution in [2.75, 3.05) is 7.11 Å². The first-order chi connectivity index (χ1) is 13.3. The maximum absolute atomic E-state index is 13.8. The third kappa shape index (κ3) is 4.44. The van der Waals surface area contributed by atoms with Gasteiger partial charge in [0.05, 0.1) is 7.11 Å². The van der Waals surface area contributed by atoms with E-state index in [-0.39, 0.29) is 17.8 Å². The van der Waals surface area contributed by atoms with Crippen LogP contribution in [0.5, 0.6) is 5.75 Å². The molecule has 1 aliphatic rings. The average molecular weight is 397 g/mol. The zero-order chi connectivity index (χ0) is 20.3. The van der Waals surface area contributed by atoms with Gasteiger partial charge in [0.15, 0.2) is 0 Å². The Labute approximate surface area is 159 Å². The molecule has 1 saturated heterocycles. The fraction of sp³-hybridized carbons (Fsp3) is 0.350. The predicted octanol–water partition coefficient (Wildman–Crippen LogP) is 4.47. The zero-order valence-electron chi connectivity index (χ0n) is 15.0. The highest BCUT2D eigenvalue weighted by molar-refractivity contribution is 5.76. The van der Waals surface area contributed by atoms with Crippen molar-refractivity contribution in [1.29, 1.82) is 0 Å². The minimum Gasteiger partial charge on any atom is -0.476 e. The predicted molar refractivity (Wildman–Crippen MR) is 93.2 cm³/mol. The minimum absolute atomic E-state index is 0.0307. The third-order valence-corrected chi connectivity index (χ3v) is 4.65.